The van der Waals surface area contributed by atoms with Crippen LogP contribution in [0.5, 0.6) is 0 Å². The van der Waals surface area contributed by atoms with E-state index < -0.39 is 0 Å². The lowest BCUT2D eigenvalue weighted by atomic mass is 9.84. The first-order valence-electron chi connectivity index (χ1n) is 8.05. The number of nitrogens with zero attached hydrogens (tertiary/aromatic N) is 1. The summed E-state index contributed by atoms with van der Waals surface area (Å²) in [5.74, 6) is 0.717. The van der Waals surface area contributed by atoms with Crippen molar-refractivity contribution in [2.45, 2.75) is 59.4 Å². The van der Waals surface area contributed by atoms with Gasteiger partial charge in [0.2, 0.25) is 0 Å². The van der Waals surface area contributed by atoms with E-state index in [2.05, 4.69) is 37.9 Å². The van der Waals surface area contributed by atoms with Crippen LogP contribution in [0.25, 0.3) is 0 Å². The third-order valence-electron chi connectivity index (χ3n) is 4.30. The van der Waals surface area contributed by atoms with Crippen molar-refractivity contribution in [1.82, 2.24) is 10.2 Å². The van der Waals surface area contributed by atoms with Crippen molar-refractivity contribution >= 4 is 0 Å². The van der Waals surface area contributed by atoms with Crippen LogP contribution in [0.1, 0.15) is 53.4 Å². The summed E-state index contributed by atoms with van der Waals surface area (Å²) < 4.78 is 0. The summed E-state index contributed by atoms with van der Waals surface area (Å²) in [6.07, 6.45) is 4.78. The van der Waals surface area contributed by atoms with Crippen LogP contribution in [0.3, 0.4) is 0 Å². The lowest BCUT2D eigenvalue weighted by Gasteiger charge is -2.35. The van der Waals surface area contributed by atoms with Gasteiger partial charge in [0.25, 0.3) is 0 Å². The molecule has 0 aromatic heterocycles. The van der Waals surface area contributed by atoms with Gasteiger partial charge in [0.05, 0.1) is 0 Å². The average molecular weight is 270 g/mol. The molecule has 1 rings (SSSR count). The molecule has 0 radical (unpaired) electrons. The predicted molar refractivity (Wildman–Crippen MR) is 82.4 cm³/mol. The number of hydrogen-bond donors (Lipinski definition) is 2. The first-order chi connectivity index (χ1) is 8.99. The van der Waals surface area contributed by atoms with Gasteiger partial charge >= 0.3 is 0 Å². The van der Waals surface area contributed by atoms with Gasteiger partial charge in [-0.05, 0) is 37.1 Å². The summed E-state index contributed by atoms with van der Waals surface area (Å²) in [7, 11) is 0. The second-order valence-corrected chi connectivity index (χ2v) is 7.00. The maximum atomic E-state index is 9.05. The summed E-state index contributed by atoms with van der Waals surface area (Å²) in [5.41, 5.74) is 0.382. The monoisotopic (exact) mass is 270 g/mol. The minimum absolute atomic E-state index is 0.347. The first-order valence-corrected chi connectivity index (χ1v) is 8.05. The van der Waals surface area contributed by atoms with Crippen LogP contribution in [0.15, 0.2) is 0 Å². The van der Waals surface area contributed by atoms with Crippen LogP contribution >= 0.6 is 0 Å². The Kier molecular flexibility index (Phi) is 7.33. The molecule has 2 atom stereocenters. The molecule has 19 heavy (non-hydrogen) atoms. The van der Waals surface area contributed by atoms with Crippen LogP contribution in [-0.2, 0) is 0 Å². The van der Waals surface area contributed by atoms with Crippen molar-refractivity contribution < 1.29 is 5.11 Å². The molecule has 1 fully saturated rings. The van der Waals surface area contributed by atoms with Gasteiger partial charge in [-0.15, -0.1) is 0 Å². The number of aliphatic hydroxyl groups excluding tert-OH is 1. The Balaban J connectivity index is 2.44. The van der Waals surface area contributed by atoms with Gasteiger partial charge in [0.15, 0.2) is 0 Å². The van der Waals surface area contributed by atoms with Gasteiger partial charge in [-0.2, -0.15) is 0 Å². The second-order valence-electron chi connectivity index (χ2n) is 7.00. The molecule has 1 aliphatic heterocycles. The summed E-state index contributed by atoms with van der Waals surface area (Å²) in [6.45, 7) is 14.2. The van der Waals surface area contributed by atoms with Gasteiger partial charge in [-0.25, -0.2) is 0 Å². The highest BCUT2D eigenvalue weighted by Gasteiger charge is 2.30. The highest BCUT2D eigenvalue weighted by atomic mass is 16.3. The topological polar surface area (TPSA) is 35.5 Å². The van der Waals surface area contributed by atoms with E-state index in [4.69, 9.17) is 5.11 Å². The second kappa shape index (κ2) is 8.23. The van der Waals surface area contributed by atoms with Gasteiger partial charge in [-0.1, -0.05) is 34.1 Å². The molecular formula is C16H34N2O. The molecule has 2 N–H and O–H groups in total. The molecule has 0 amide bonds. The van der Waals surface area contributed by atoms with E-state index in [0.717, 1.165) is 13.0 Å². The zero-order valence-corrected chi connectivity index (χ0v) is 13.4. The van der Waals surface area contributed by atoms with Crippen molar-refractivity contribution in [3.05, 3.63) is 0 Å². The molecule has 1 saturated heterocycles. The summed E-state index contributed by atoms with van der Waals surface area (Å²) in [5, 5.41) is 12.7. The molecule has 0 aromatic carbocycles. The largest absolute Gasteiger partial charge is 0.396 e. The number of likely N-dealkylation sites (tertiary alicyclic amines) is 1. The molecule has 0 aliphatic carbocycles. The summed E-state index contributed by atoms with van der Waals surface area (Å²) >= 11 is 0. The van der Waals surface area contributed by atoms with Crippen molar-refractivity contribution in [2.24, 2.45) is 11.3 Å². The Hall–Kier alpha value is -0.120. The lowest BCUT2D eigenvalue weighted by Crippen LogP contribution is -2.43. The Morgan fingerprint density at radius 1 is 1.42 bits per heavy atom. The number of nitrogens with one attached hydrogen (secondary N) is 1. The molecule has 114 valence electrons. The van der Waals surface area contributed by atoms with Crippen molar-refractivity contribution in [1.29, 1.82) is 0 Å². The fraction of sp³-hybridized carbons (Fsp3) is 1.00. The van der Waals surface area contributed by atoms with Gasteiger partial charge < -0.3 is 15.3 Å². The normalized spacial score (nSPS) is 24.0. The van der Waals surface area contributed by atoms with Crippen LogP contribution < -0.4 is 5.32 Å². The van der Waals surface area contributed by atoms with E-state index in [9.17, 15) is 0 Å². The SMILES string of the molecule is CCCC(C)(CNC(C)C)CN1CCC(CCO)C1. The molecule has 2 unspecified atom stereocenters. The average Bonchev–Trinajstić information content (AvgIpc) is 2.75. The number of aliphatic hydroxyl groups is 1. The van der Waals surface area contributed by atoms with E-state index in [0.29, 0.717) is 24.0 Å². The van der Waals surface area contributed by atoms with Gasteiger partial charge in [0, 0.05) is 32.3 Å². The fourth-order valence-corrected chi connectivity index (χ4v) is 3.29. The summed E-state index contributed by atoms with van der Waals surface area (Å²) in [6, 6.07) is 0.567. The van der Waals surface area contributed by atoms with E-state index >= 15 is 0 Å². The predicted octanol–water partition coefficient (Wildman–Crippen LogP) is 2.50. The molecule has 0 saturated carbocycles. The van der Waals surface area contributed by atoms with E-state index in [1.54, 1.807) is 0 Å². The Labute approximate surface area is 119 Å². The minimum Gasteiger partial charge on any atom is -0.396 e. The fourth-order valence-electron chi connectivity index (χ4n) is 3.29. The smallest absolute Gasteiger partial charge is 0.0434 e. The molecule has 0 bridgehead atoms. The third-order valence-corrected chi connectivity index (χ3v) is 4.30. The standard InChI is InChI=1S/C16H34N2O/c1-5-8-16(4,12-17-14(2)3)13-18-9-6-15(11-18)7-10-19/h14-15,17,19H,5-13H2,1-4H3. The maximum absolute atomic E-state index is 9.05. The third kappa shape index (κ3) is 6.24. The van der Waals surface area contributed by atoms with Crippen molar-refractivity contribution in [3.63, 3.8) is 0 Å². The zero-order valence-electron chi connectivity index (χ0n) is 13.4. The molecule has 0 aromatic rings. The Bertz CT molecular complexity index is 245. The van der Waals surface area contributed by atoms with E-state index in [1.165, 1.54) is 38.9 Å². The Morgan fingerprint density at radius 2 is 2.16 bits per heavy atom. The number of rotatable bonds is 9. The zero-order chi connectivity index (χ0) is 14.3. The quantitative estimate of drug-likeness (QED) is 0.676. The first kappa shape index (κ1) is 16.9. The Morgan fingerprint density at radius 3 is 2.74 bits per heavy atom. The number of hydrogen-bond acceptors (Lipinski definition) is 3. The molecule has 3 nitrogen and oxygen atoms in total. The highest BCUT2D eigenvalue weighted by molar-refractivity contribution is 4.85. The molecule has 3 heteroatoms. The van der Waals surface area contributed by atoms with Crippen molar-refractivity contribution in [3.8, 4) is 0 Å². The minimum atomic E-state index is 0.347. The van der Waals surface area contributed by atoms with Crippen LogP contribution in [0.4, 0.5) is 0 Å². The summed E-state index contributed by atoms with van der Waals surface area (Å²) in [4.78, 5) is 2.61. The highest BCUT2D eigenvalue weighted by Crippen LogP contribution is 2.28. The van der Waals surface area contributed by atoms with Crippen LogP contribution in [-0.4, -0.2) is 48.8 Å². The molecular weight excluding hydrogens is 236 g/mol. The molecule has 1 heterocycles. The van der Waals surface area contributed by atoms with Crippen molar-refractivity contribution in [2.75, 3.05) is 32.8 Å². The lowest BCUT2D eigenvalue weighted by molar-refractivity contribution is 0.163. The van der Waals surface area contributed by atoms with Crippen LogP contribution in [0, 0.1) is 11.3 Å². The molecule has 1 aliphatic rings. The van der Waals surface area contributed by atoms with Gasteiger partial charge in [0.1, 0.15) is 0 Å². The maximum Gasteiger partial charge on any atom is 0.0434 e. The van der Waals surface area contributed by atoms with E-state index in [-0.39, 0.29) is 0 Å². The molecule has 0 spiro atoms. The van der Waals surface area contributed by atoms with Gasteiger partial charge in [-0.3, -0.25) is 0 Å². The van der Waals surface area contributed by atoms with E-state index in [1.807, 2.05) is 0 Å². The van der Waals surface area contributed by atoms with Crippen LogP contribution in [0.2, 0.25) is 0 Å².